The van der Waals surface area contributed by atoms with E-state index in [1.54, 1.807) is 6.07 Å². The largest absolute Gasteiger partial charge is 0.326 e. The summed E-state index contributed by atoms with van der Waals surface area (Å²) >= 11 is 0. The van der Waals surface area contributed by atoms with Gasteiger partial charge in [0.25, 0.3) is 5.92 Å². The number of carbonyl (C=O) groups excluding carboxylic acids is 1. The molecule has 2 aliphatic rings. The Hall–Kier alpha value is -1.45. The molecule has 0 saturated heterocycles. The molecule has 0 aromatic heterocycles. The fourth-order valence-electron chi connectivity index (χ4n) is 2.52. The third-order valence-corrected chi connectivity index (χ3v) is 3.27. The highest BCUT2D eigenvalue weighted by Crippen LogP contribution is 2.40. The first-order chi connectivity index (χ1) is 7.55. The quantitative estimate of drug-likeness (QED) is 0.718. The van der Waals surface area contributed by atoms with Gasteiger partial charge < -0.3 is 5.32 Å². The van der Waals surface area contributed by atoms with Gasteiger partial charge in [-0.3, -0.25) is 4.79 Å². The zero-order valence-electron chi connectivity index (χ0n) is 8.65. The number of benzene rings is 1. The molecule has 0 spiro atoms. The van der Waals surface area contributed by atoms with Crippen LogP contribution in [0.2, 0.25) is 0 Å². The first-order valence-corrected chi connectivity index (χ1v) is 5.36. The number of alkyl halides is 2. The number of hydrogen-bond acceptors (Lipinski definition) is 1. The second kappa shape index (κ2) is 3.03. The number of rotatable bonds is 0. The Morgan fingerprint density at radius 2 is 1.88 bits per heavy atom. The second-order valence-electron chi connectivity index (χ2n) is 4.50. The molecule has 0 bridgehead atoms. The number of fused-ring (bicyclic) bond motifs is 3. The van der Waals surface area contributed by atoms with E-state index < -0.39 is 5.92 Å². The molecular weight excluding hydrogens is 212 g/mol. The molecule has 0 saturated carbocycles. The Labute approximate surface area is 91.7 Å². The molecule has 1 aromatic carbocycles. The first-order valence-electron chi connectivity index (χ1n) is 5.36. The summed E-state index contributed by atoms with van der Waals surface area (Å²) in [7, 11) is 0. The van der Waals surface area contributed by atoms with Gasteiger partial charge in [0.2, 0.25) is 5.91 Å². The summed E-state index contributed by atoms with van der Waals surface area (Å²) < 4.78 is 26.6. The Balaban J connectivity index is 2.11. The lowest BCUT2D eigenvalue weighted by Gasteiger charge is -2.19. The molecule has 0 radical (unpaired) electrons. The SMILES string of the molecule is O=C1CCc2ccc3c(c2N1)CC(F)(F)C3. The molecule has 1 aromatic rings. The molecule has 1 aliphatic heterocycles. The summed E-state index contributed by atoms with van der Waals surface area (Å²) in [6.07, 6.45) is 0.652. The van der Waals surface area contributed by atoms with Crippen molar-refractivity contribution >= 4 is 11.6 Å². The normalized spacial score (nSPS) is 21.2. The van der Waals surface area contributed by atoms with Crippen LogP contribution in [0.15, 0.2) is 12.1 Å². The van der Waals surface area contributed by atoms with Crippen molar-refractivity contribution in [3.63, 3.8) is 0 Å². The van der Waals surface area contributed by atoms with Crippen LogP contribution in [0.5, 0.6) is 0 Å². The van der Waals surface area contributed by atoms with Crippen LogP contribution in [0.3, 0.4) is 0 Å². The number of aryl methyl sites for hydroxylation is 1. The summed E-state index contributed by atoms with van der Waals surface area (Å²) in [5.74, 6) is -2.73. The highest BCUT2D eigenvalue weighted by molar-refractivity contribution is 5.95. The lowest BCUT2D eigenvalue weighted by molar-refractivity contribution is -0.116. The van der Waals surface area contributed by atoms with Gasteiger partial charge in [-0.2, -0.15) is 0 Å². The molecule has 1 aliphatic carbocycles. The maximum Gasteiger partial charge on any atom is 0.256 e. The van der Waals surface area contributed by atoms with E-state index in [2.05, 4.69) is 5.32 Å². The number of hydrogen-bond donors (Lipinski definition) is 1. The van der Waals surface area contributed by atoms with Gasteiger partial charge in [-0.15, -0.1) is 0 Å². The van der Waals surface area contributed by atoms with Crippen molar-refractivity contribution < 1.29 is 13.6 Å². The molecule has 16 heavy (non-hydrogen) atoms. The molecule has 0 unspecified atom stereocenters. The molecule has 1 N–H and O–H groups in total. The molecule has 4 heteroatoms. The smallest absolute Gasteiger partial charge is 0.256 e. The van der Waals surface area contributed by atoms with Gasteiger partial charge in [0.15, 0.2) is 0 Å². The van der Waals surface area contributed by atoms with Crippen LogP contribution in [-0.2, 0) is 24.1 Å². The van der Waals surface area contributed by atoms with Gasteiger partial charge in [-0.25, -0.2) is 8.78 Å². The molecule has 2 nitrogen and oxygen atoms in total. The fraction of sp³-hybridized carbons (Fsp3) is 0.417. The predicted molar refractivity (Wildman–Crippen MR) is 55.7 cm³/mol. The topological polar surface area (TPSA) is 29.1 Å². The maximum absolute atomic E-state index is 13.3. The fourth-order valence-corrected chi connectivity index (χ4v) is 2.52. The zero-order valence-corrected chi connectivity index (χ0v) is 8.65. The minimum absolute atomic E-state index is 0.0730. The standard InChI is InChI=1S/C12H11F2NO/c13-12(14)5-8-2-1-7-3-4-10(16)15-11(7)9(8)6-12/h1-2H,3-6H2,(H,15,16). The van der Waals surface area contributed by atoms with Crippen molar-refractivity contribution in [3.8, 4) is 0 Å². The van der Waals surface area contributed by atoms with Gasteiger partial charge in [-0.1, -0.05) is 12.1 Å². The van der Waals surface area contributed by atoms with Crippen molar-refractivity contribution in [2.75, 3.05) is 5.32 Å². The minimum atomic E-state index is -2.65. The van der Waals surface area contributed by atoms with E-state index in [0.717, 1.165) is 5.56 Å². The van der Waals surface area contributed by atoms with Gasteiger partial charge in [-0.05, 0) is 23.1 Å². The maximum atomic E-state index is 13.3. The average molecular weight is 223 g/mol. The molecule has 1 heterocycles. The van der Waals surface area contributed by atoms with E-state index in [1.165, 1.54) is 0 Å². The lowest BCUT2D eigenvalue weighted by Crippen LogP contribution is -2.21. The first kappa shape index (κ1) is 9.75. The summed E-state index contributed by atoms with van der Waals surface area (Å²) in [6, 6.07) is 3.63. The lowest BCUT2D eigenvalue weighted by atomic mass is 9.96. The Bertz CT molecular complexity index is 482. The number of carbonyl (C=O) groups is 1. The number of nitrogens with one attached hydrogen (secondary N) is 1. The van der Waals surface area contributed by atoms with Gasteiger partial charge in [0, 0.05) is 24.9 Å². The number of amides is 1. The van der Waals surface area contributed by atoms with Crippen LogP contribution in [0.1, 0.15) is 23.1 Å². The van der Waals surface area contributed by atoms with E-state index in [9.17, 15) is 13.6 Å². The Kier molecular flexibility index (Phi) is 1.85. The van der Waals surface area contributed by atoms with Crippen molar-refractivity contribution in [2.24, 2.45) is 0 Å². The summed E-state index contributed by atoms with van der Waals surface area (Å²) in [4.78, 5) is 11.3. The van der Waals surface area contributed by atoms with Crippen LogP contribution < -0.4 is 5.32 Å². The molecule has 3 rings (SSSR count). The average Bonchev–Trinajstić information content (AvgIpc) is 2.52. The monoisotopic (exact) mass is 223 g/mol. The van der Waals surface area contributed by atoms with Gasteiger partial charge >= 0.3 is 0 Å². The molecule has 84 valence electrons. The summed E-state index contributed by atoms with van der Waals surface area (Å²) in [6.45, 7) is 0. The number of anilines is 1. The predicted octanol–water partition coefficient (Wildman–Crippen LogP) is 2.31. The van der Waals surface area contributed by atoms with Crippen LogP contribution in [0.25, 0.3) is 0 Å². The third-order valence-electron chi connectivity index (χ3n) is 3.27. The minimum Gasteiger partial charge on any atom is -0.326 e. The van der Waals surface area contributed by atoms with Crippen LogP contribution >= 0.6 is 0 Å². The van der Waals surface area contributed by atoms with E-state index in [-0.39, 0.29) is 18.7 Å². The van der Waals surface area contributed by atoms with Crippen molar-refractivity contribution in [1.29, 1.82) is 0 Å². The summed E-state index contributed by atoms with van der Waals surface area (Å²) in [5.41, 5.74) is 2.93. The van der Waals surface area contributed by atoms with E-state index in [0.29, 0.717) is 29.7 Å². The van der Waals surface area contributed by atoms with Crippen LogP contribution in [-0.4, -0.2) is 11.8 Å². The molecule has 0 fully saturated rings. The van der Waals surface area contributed by atoms with E-state index in [4.69, 9.17) is 0 Å². The summed E-state index contributed by atoms with van der Waals surface area (Å²) in [5, 5.41) is 2.73. The van der Waals surface area contributed by atoms with Crippen LogP contribution in [0, 0.1) is 0 Å². The second-order valence-corrected chi connectivity index (χ2v) is 4.50. The molecule has 0 atom stereocenters. The van der Waals surface area contributed by atoms with Crippen molar-refractivity contribution in [3.05, 3.63) is 28.8 Å². The molecule has 1 amide bonds. The van der Waals surface area contributed by atoms with Crippen molar-refractivity contribution in [2.45, 2.75) is 31.6 Å². The third kappa shape index (κ3) is 1.40. The van der Waals surface area contributed by atoms with E-state index >= 15 is 0 Å². The highest BCUT2D eigenvalue weighted by Gasteiger charge is 2.39. The van der Waals surface area contributed by atoms with E-state index in [1.807, 2.05) is 6.07 Å². The van der Waals surface area contributed by atoms with Gasteiger partial charge in [0.05, 0.1) is 0 Å². The zero-order chi connectivity index (χ0) is 11.3. The molecular formula is C12H11F2NO. The van der Waals surface area contributed by atoms with Crippen LogP contribution in [0.4, 0.5) is 14.5 Å². The van der Waals surface area contributed by atoms with Crippen molar-refractivity contribution in [1.82, 2.24) is 0 Å². The number of halogens is 2. The van der Waals surface area contributed by atoms with Gasteiger partial charge in [0.1, 0.15) is 0 Å². The Morgan fingerprint density at radius 1 is 1.12 bits per heavy atom. The highest BCUT2D eigenvalue weighted by atomic mass is 19.3. The Morgan fingerprint density at radius 3 is 2.69 bits per heavy atom.